The second-order valence-electron chi connectivity index (χ2n) is 4.92. The van der Waals surface area contributed by atoms with E-state index in [-0.39, 0.29) is 24.2 Å². The van der Waals surface area contributed by atoms with Gasteiger partial charge in [-0.1, -0.05) is 36.4 Å². The lowest BCUT2D eigenvalue weighted by Gasteiger charge is -2.16. The monoisotopic (exact) mass is 289 g/mol. The molecule has 0 saturated carbocycles. The quantitative estimate of drug-likeness (QED) is 0.823. The lowest BCUT2D eigenvalue weighted by molar-refractivity contribution is 0.240. The van der Waals surface area contributed by atoms with Crippen molar-refractivity contribution in [3.63, 3.8) is 0 Å². The molecule has 0 aliphatic heterocycles. The molecule has 2 aromatic rings. The molecule has 0 aliphatic carbocycles. The van der Waals surface area contributed by atoms with E-state index in [1.165, 1.54) is 13.2 Å². The zero-order valence-electron chi connectivity index (χ0n) is 12.1. The van der Waals surface area contributed by atoms with Crippen molar-refractivity contribution in [2.75, 3.05) is 13.7 Å². The Kier molecular flexibility index (Phi) is 5.72. The van der Waals surface area contributed by atoms with Gasteiger partial charge in [-0.05, 0) is 29.7 Å². The van der Waals surface area contributed by atoms with E-state index in [0.717, 1.165) is 17.5 Å². The van der Waals surface area contributed by atoms with E-state index < -0.39 is 0 Å². The summed E-state index contributed by atoms with van der Waals surface area (Å²) < 4.78 is 18.5. The van der Waals surface area contributed by atoms with Crippen molar-refractivity contribution in [3.05, 3.63) is 65.5 Å². The molecule has 1 atom stereocenters. The van der Waals surface area contributed by atoms with E-state index in [0.29, 0.717) is 6.54 Å². The number of nitrogens with one attached hydrogen (secondary N) is 1. The molecule has 4 heteroatoms. The Bertz CT molecular complexity index is 560. The lowest BCUT2D eigenvalue weighted by atomic mass is 10.1. The lowest BCUT2D eigenvalue weighted by Crippen LogP contribution is -2.34. The van der Waals surface area contributed by atoms with E-state index in [1.807, 2.05) is 36.4 Å². The van der Waals surface area contributed by atoms with Crippen LogP contribution in [-0.4, -0.2) is 24.9 Å². The predicted octanol–water partition coefficient (Wildman–Crippen LogP) is 2.53. The van der Waals surface area contributed by atoms with Crippen molar-refractivity contribution in [1.29, 1.82) is 0 Å². The van der Waals surface area contributed by atoms with Gasteiger partial charge in [0.05, 0.1) is 13.7 Å². The van der Waals surface area contributed by atoms with Gasteiger partial charge in [0.2, 0.25) is 0 Å². The highest BCUT2D eigenvalue weighted by atomic mass is 19.1. The summed E-state index contributed by atoms with van der Waals surface area (Å²) in [7, 11) is 1.44. The topological polar surface area (TPSA) is 41.5 Å². The van der Waals surface area contributed by atoms with Gasteiger partial charge < -0.3 is 15.2 Å². The van der Waals surface area contributed by atoms with Gasteiger partial charge in [-0.15, -0.1) is 0 Å². The molecule has 2 aromatic carbocycles. The second kappa shape index (κ2) is 7.76. The van der Waals surface area contributed by atoms with Gasteiger partial charge >= 0.3 is 0 Å². The molecular formula is C17H20FNO2. The zero-order valence-corrected chi connectivity index (χ0v) is 12.1. The van der Waals surface area contributed by atoms with Crippen LogP contribution in [0.4, 0.5) is 4.39 Å². The van der Waals surface area contributed by atoms with E-state index in [1.54, 1.807) is 6.07 Å². The standard InChI is InChI=1S/C17H20FNO2/c1-21-17-8-7-14(10-16(17)18)11-19-15(12-20)9-13-5-3-2-4-6-13/h2-8,10,15,19-20H,9,11-12H2,1H3. The first-order valence-corrected chi connectivity index (χ1v) is 6.93. The van der Waals surface area contributed by atoms with E-state index >= 15 is 0 Å². The minimum Gasteiger partial charge on any atom is -0.494 e. The molecule has 0 amide bonds. The van der Waals surface area contributed by atoms with Crippen LogP contribution >= 0.6 is 0 Å². The first-order valence-electron chi connectivity index (χ1n) is 6.93. The number of hydrogen-bond acceptors (Lipinski definition) is 3. The van der Waals surface area contributed by atoms with E-state index in [2.05, 4.69) is 5.32 Å². The van der Waals surface area contributed by atoms with Crippen LogP contribution in [0.15, 0.2) is 48.5 Å². The van der Waals surface area contributed by atoms with Gasteiger partial charge in [-0.2, -0.15) is 0 Å². The number of aliphatic hydroxyl groups excluding tert-OH is 1. The van der Waals surface area contributed by atoms with Crippen molar-refractivity contribution in [2.24, 2.45) is 0 Å². The summed E-state index contributed by atoms with van der Waals surface area (Å²) in [5.74, 6) is -0.137. The molecule has 1 unspecified atom stereocenters. The maximum absolute atomic E-state index is 13.6. The Hall–Kier alpha value is -1.91. The highest BCUT2D eigenvalue weighted by molar-refractivity contribution is 5.29. The predicted molar refractivity (Wildman–Crippen MR) is 80.8 cm³/mol. The van der Waals surface area contributed by atoms with Crippen LogP contribution in [0.5, 0.6) is 5.75 Å². The fourth-order valence-corrected chi connectivity index (χ4v) is 2.18. The van der Waals surface area contributed by atoms with Crippen LogP contribution < -0.4 is 10.1 Å². The molecule has 0 spiro atoms. The maximum Gasteiger partial charge on any atom is 0.165 e. The molecular weight excluding hydrogens is 269 g/mol. The Labute approximate surface area is 124 Å². The number of ether oxygens (including phenoxy) is 1. The van der Waals surface area contributed by atoms with Gasteiger partial charge in [-0.25, -0.2) is 4.39 Å². The zero-order chi connectivity index (χ0) is 15.1. The van der Waals surface area contributed by atoms with Crippen LogP contribution in [0.25, 0.3) is 0 Å². The summed E-state index contributed by atoms with van der Waals surface area (Å²) in [6.45, 7) is 0.534. The van der Waals surface area contributed by atoms with Gasteiger partial charge in [-0.3, -0.25) is 0 Å². The van der Waals surface area contributed by atoms with Crippen molar-refractivity contribution in [2.45, 2.75) is 19.0 Å². The number of methoxy groups -OCH3 is 1. The van der Waals surface area contributed by atoms with Crippen LogP contribution in [0.1, 0.15) is 11.1 Å². The summed E-state index contributed by atoms with van der Waals surface area (Å²) in [6.07, 6.45) is 0.732. The molecule has 21 heavy (non-hydrogen) atoms. The smallest absolute Gasteiger partial charge is 0.165 e. The molecule has 0 fully saturated rings. The SMILES string of the molecule is COc1ccc(CNC(CO)Cc2ccccc2)cc1F. The third-order valence-corrected chi connectivity index (χ3v) is 3.36. The minimum atomic E-state index is -0.375. The highest BCUT2D eigenvalue weighted by Crippen LogP contribution is 2.17. The largest absolute Gasteiger partial charge is 0.494 e. The number of benzene rings is 2. The number of rotatable bonds is 7. The average Bonchev–Trinajstić information content (AvgIpc) is 2.52. The molecule has 0 bridgehead atoms. The summed E-state index contributed by atoms with van der Waals surface area (Å²) in [6, 6.07) is 14.8. The van der Waals surface area contributed by atoms with Crippen LogP contribution in [0.2, 0.25) is 0 Å². The molecule has 112 valence electrons. The Morgan fingerprint density at radius 3 is 2.52 bits per heavy atom. The number of halogens is 1. The van der Waals surface area contributed by atoms with Crippen LogP contribution in [0.3, 0.4) is 0 Å². The molecule has 0 aliphatic rings. The minimum absolute atomic E-state index is 0.0352. The Morgan fingerprint density at radius 1 is 1.14 bits per heavy atom. The average molecular weight is 289 g/mol. The van der Waals surface area contributed by atoms with Gasteiger partial charge in [0.1, 0.15) is 0 Å². The molecule has 3 nitrogen and oxygen atoms in total. The molecule has 2 N–H and O–H groups in total. The van der Waals surface area contributed by atoms with Crippen molar-refractivity contribution >= 4 is 0 Å². The number of hydrogen-bond donors (Lipinski definition) is 2. The summed E-state index contributed by atoms with van der Waals surface area (Å²) in [5, 5.41) is 12.7. The number of aliphatic hydroxyl groups is 1. The van der Waals surface area contributed by atoms with Crippen molar-refractivity contribution < 1.29 is 14.2 Å². The molecule has 0 radical (unpaired) electrons. The Balaban J connectivity index is 1.92. The summed E-state index contributed by atoms with van der Waals surface area (Å²) in [5.41, 5.74) is 1.98. The molecule has 0 aromatic heterocycles. The van der Waals surface area contributed by atoms with Crippen LogP contribution in [-0.2, 0) is 13.0 Å². The first kappa shape index (κ1) is 15.5. The van der Waals surface area contributed by atoms with E-state index in [9.17, 15) is 9.50 Å². The van der Waals surface area contributed by atoms with Crippen LogP contribution in [0, 0.1) is 5.82 Å². The molecule has 0 heterocycles. The fourth-order valence-electron chi connectivity index (χ4n) is 2.18. The third-order valence-electron chi connectivity index (χ3n) is 3.36. The first-order chi connectivity index (χ1) is 10.2. The van der Waals surface area contributed by atoms with Gasteiger partial charge in [0.15, 0.2) is 11.6 Å². The third kappa shape index (κ3) is 4.55. The van der Waals surface area contributed by atoms with Gasteiger partial charge in [0.25, 0.3) is 0 Å². The van der Waals surface area contributed by atoms with Gasteiger partial charge in [0, 0.05) is 12.6 Å². The summed E-state index contributed by atoms with van der Waals surface area (Å²) >= 11 is 0. The van der Waals surface area contributed by atoms with E-state index in [4.69, 9.17) is 4.74 Å². The Morgan fingerprint density at radius 2 is 1.90 bits per heavy atom. The van der Waals surface area contributed by atoms with Crippen molar-refractivity contribution in [1.82, 2.24) is 5.32 Å². The normalized spacial score (nSPS) is 12.1. The second-order valence-corrected chi connectivity index (χ2v) is 4.92. The van der Waals surface area contributed by atoms with Crippen molar-refractivity contribution in [3.8, 4) is 5.75 Å². The molecule has 0 saturated heterocycles. The fraction of sp³-hybridized carbons (Fsp3) is 0.294. The highest BCUT2D eigenvalue weighted by Gasteiger charge is 2.09. The summed E-state index contributed by atoms with van der Waals surface area (Å²) in [4.78, 5) is 0. The maximum atomic E-state index is 13.6. The molecule has 2 rings (SSSR count).